The van der Waals surface area contributed by atoms with Crippen molar-refractivity contribution in [3.8, 4) is 0 Å². The second-order valence-corrected chi connectivity index (χ2v) is 7.63. The number of amides is 2. The zero-order valence-corrected chi connectivity index (χ0v) is 17.9. The summed E-state index contributed by atoms with van der Waals surface area (Å²) in [6.45, 7) is 9.14. The van der Waals surface area contributed by atoms with E-state index in [4.69, 9.17) is 4.74 Å². The van der Waals surface area contributed by atoms with E-state index >= 15 is 0 Å². The van der Waals surface area contributed by atoms with E-state index in [9.17, 15) is 9.59 Å². The Morgan fingerprint density at radius 1 is 1.10 bits per heavy atom. The van der Waals surface area contributed by atoms with Gasteiger partial charge in [-0.15, -0.1) is 0 Å². The van der Waals surface area contributed by atoms with Gasteiger partial charge in [-0.25, -0.2) is 14.6 Å². The van der Waals surface area contributed by atoms with Crippen molar-refractivity contribution >= 4 is 23.5 Å². The van der Waals surface area contributed by atoms with Gasteiger partial charge in [0.25, 0.3) is 0 Å². The molecule has 0 atom stereocenters. The molecule has 2 heterocycles. The zero-order valence-electron chi connectivity index (χ0n) is 17.9. The van der Waals surface area contributed by atoms with E-state index in [1.165, 1.54) is 0 Å². The van der Waals surface area contributed by atoms with E-state index in [2.05, 4.69) is 35.1 Å². The number of urea groups is 1. The molecule has 0 radical (unpaired) electrons. The fourth-order valence-corrected chi connectivity index (χ4v) is 3.57. The lowest BCUT2D eigenvalue weighted by Crippen LogP contribution is -2.38. The van der Waals surface area contributed by atoms with E-state index in [0.717, 1.165) is 30.0 Å². The third kappa shape index (κ3) is 5.28. The van der Waals surface area contributed by atoms with Crippen LogP contribution in [-0.2, 0) is 4.74 Å². The van der Waals surface area contributed by atoms with Gasteiger partial charge in [0.15, 0.2) is 0 Å². The Morgan fingerprint density at radius 3 is 2.60 bits per heavy atom. The Hall–Kier alpha value is -3.09. The van der Waals surface area contributed by atoms with Crippen LogP contribution in [0.5, 0.6) is 0 Å². The Morgan fingerprint density at radius 2 is 1.90 bits per heavy atom. The number of ether oxygens (including phenoxy) is 1. The lowest BCUT2D eigenvalue weighted by Gasteiger charge is -2.24. The third-order valence-corrected chi connectivity index (χ3v) is 5.19. The maximum absolute atomic E-state index is 12.8. The van der Waals surface area contributed by atoms with E-state index in [0.29, 0.717) is 37.7 Å². The first-order valence-electron chi connectivity index (χ1n) is 10.5. The second kappa shape index (κ2) is 10.1. The molecule has 0 spiro atoms. The average Bonchev–Trinajstić information content (AvgIpc) is 3.01. The molecule has 0 unspecified atom stereocenters. The molecule has 2 aromatic rings. The lowest BCUT2D eigenvalue weighted by molar-refractivity contribution is 0.0526. The Kier molecular flexibility index (Phi) is 7.27. The van der Waals surface area contributed by atoms with Crippen LogP contribution in [0.4, 0.5) is 16.3 Å². The highest BCUT2D eigenvalue weighted by atomic mass is 16.5. The number of pyridine rings is 1. The maximum Gasteiger partial charge on any atom is 0.339 e. The van der Waals surface area contributed by atoms with E-state index < -0.39 is 0 Å². The molecular formula is C23H30N4O3. The minimum Gasteiger partial charge on any atom is -0.462 e. The Balaban J connectivity index is 1.61. The van der Waals surface area contributed by atoms with Crippen LogP contribution in [-0.4, -0.2) is 54.7 Å². The molecule has 1 N–H and O–H groups in total. The molecule has 1 aliphatic rings. The fraction of sp³-hybridized carbons (Fsp3) is 0.435. The van der Waals surface area contributed by atoms with Crippen molar-refractivity contribution in [3.63, 3.8) is 0 Å². The summed E-state index contributed by atoms with van der Waals surface area (Å²) in [6, 6.07) is 11.4. The first-order chi connectivity index (χ1) is 14.5. The minimum absolute atomic E-state index is 0.0735. The van der Waals surface area contributed by atoms with Crippen molar-refractivity contribution < 1.29 is 14.3 Å². The van der Waals surface area contributed by atoms with Crippen molar-refractivity contribution in [3.05, 3.63) is 53.7 Å². The van der Waals surface area contributed by atoms with Crippen LogP contribution in [0.1, 0.15) is 49.0 Å². The van der Waals surface area contributed by atoms with Gasteiger partial charge in [-0.2, -0.15) is 0 Å². The van der Waals surface area contributed by atoms with Crippen LogP contribution < -0.4 is 10.2 Å². The monoisotopic (exact) mass is 410 g/mol. The van der Waals surface area contributed by atoms with Crippen LogP contribution in [0.2, 0.25) is 0 Å². The normalized spacial score (nSPS) is 14.4. The Labute approximate surface area is 178 Å². The number of carbonyl (C=O) groups excluding carboxylic acids is 2. The van der Waals surface area contributed by atoms with Crippen molar-refractivity contribution in [2.45, 2.75) is 33.1 Å². The Bertz CT molecular complexity index is 867. The summed E-state index contributed by atoms with van der Waals surface area (Å²) in [4.78, 5) is 33.1. The molecule has 1 aromatic carbocycles. The number of benzene rings is 1. The number of anilines is 2. The average molecular weight is 411 g/mol. The van der Waals surface area contributed by atoms with Gasteiger partial charge in [-0.3, -0.25) is 0 Å². The number of para-hydroxylation sites is 1. The van der Waals surface area contributed by atoms with Crippen LogP contribution in [0.15, 0.2) is 42.6 Å². The van der Waals surface area contributed by atoms with Crippen molar-refractivity contribution in [1.82, 2.24) is 9.88 Å². The summed E-state index contributed by atoms with van der Waals surface area (Å²) in [6.07, 6.45) is 2.39. The molecule has 1 aromatic heterocycles. The van der Waals surface area contributed by atoms with Crippen molar-refractivity contribution in [2.24, 2.45) is 0 Å². The molecule has 1 fully saturated rings. The topological polar surface area (TPSA) is 74.8 Å². The molecule has 0 aliphatic carbocycles. The molecule has 2 amide bonds. The van der Waals surface area contributed by atoms with Gasteiger partial charge in [-0.05, 0) is 43.0 Å². The SMILES string of the molecule is CCOC(=O)c1ccc(N2CCCN(C(=O)Nc3ccccc3C(C)C)CC2)nc1. The van der Waals surface area contributed by atoms with E-state index in [1.54, 1.807) is 19.2 Å². The molecule has 30 heavy (non-hydrogen) atoms. The van der Waals surface area contributed by atoms with Crippen LogP contribution in [0.25, 0.3) is 0 Å². The van der Waals surface area contributed by atoms with Gasteiger partial charge >= 0.3 is 12.0 Å². The van der Waals surface area contributed by atoms with Crippen LogP contribution >= 0.6 is 0 Å². The number of hydrogen-bond donors (Lipinski definition) is 1. The fourth-order valence-electron chi connectivity index (χ4n) is 3.57. The van der Waals surface area contributed by atoms with Gasteiger partial charge in [0.05, 0.1) is 12.2 Å². The molecule has 160 valence electrons. The standard InChI is InChI=1S/C23H30N4O3/c1-4-30-22(28)18-10-11-21(24-16-18)26-12-7-13-27(15-14-26)23(29)25-20-9-6-5-8-19(20)17(2)3/h5-6,8-11,16-17H,4,7,12-15H2,1-3H3,(H,25,29). The summed E-state index contributed by atoms with van der Waals surface area (Å²) >= 11 is 0. The summed E-state index contributed by atoms with van der Waals surface area (Å²) in [5, 5.41) is 3.08. The first kappa shape index (κ1) is 21.6. The number of nitrogens with one attached hydrogen (secondary N) is 1. The molecule has 7 nitrogen and oxygen atoms in total. The predicted octanol–water partition coefficient (Wildman–Crippen LogP) is 4.13. The maximum atomic E-state index is 12.8. The number of rotatable bonds is 5. The number of nitrogens with zero attached hydrogens (tertiary/aromatic N) is 3. The number of hydrogen-bond acceptors (Lipinski definition) is 5. The van der Waals surface area contributed by atoms with Gasteiger partial charge in [0, 0.05) is 38.1 Å². The van der Waals surface area contributed by atoms with Gasteiger partial charge in [0.2, 0.25) is 0 Å². The van der Waals surface area contributed by atoms with Crippen LogP contribution in [0.3, 0.4) is 0 Å². The molecule has 1 aliphatic heterocycles. The summed E-state index contributed by atoms with van der Waals surface area (Å²) < 4.78 is 5.00. The second-order valence-electron chi connectivity index (χ2n) is 7.63. The first-order valence-corrected chi connectivity index (χ1v) is 10.5. The van der Waals surface area contributed by atoms with Gasteiger partial charge in [0.1, 0.15) is 5.82 Å². The summed E-state index contributed by atoms with van der Waals surface area (Å²) in [7, 11) is 0. The number of esters is 1. The molecule has 1 saturated heterocycles. The third-order valence-electron chi connectivity index (χ3n) is 5.19. The lowest BCUT2D eigenvalue weighted by atomic mass is 10.0. The highest BCUT2D eigenvalue weighted by molar-refractivity contribution is 5.90. The van der Waals surface area contributed by atoms with E-state index in [-0.39, 0.29) is 12.0 Å². The smallest absolute Gasteiger partial charge is 0.339 e. The minimum atomic E-state index is -0.364. The van der Waals surface area contributed by atoms with Gasteiger partial charge in [-0.1, -0.05) is 32.0 Å². The van der Waals surface area contributed by atoms with Crippen molar-refractivity contribution in [2.75, 3.05) is 43.0 Å². The van der Waals surface area contributed by atoms with Crippen LogP contribution in [0, 0.1) is 0 Å². The quantitative estimate of drug-likeness (QED) is 0.751. The highest BCUT2D eigenvalue weighted by Gasteiger charge is 2.21. The van der Waals surface area contributed by atoms with Gasteiger partial charge < -0.3 is 19.9 Å². The highest BCUT2D eigenvalue weighted by Crippen LogP contribution is 2.24. The molecule has 0 bridgehead atoms. The summed E-state index contributed by atoms with van der Waals surface area (Å²) in [5.41, 5.74) is 2.45. The van der Waals surface area contributed by atoms with Crippen molar-refractivity contribution in [1.29, 1.82) is 0 Å². The largest absolute Gasteiger partial charge is 0.462 e. The molecular weight excluding hydrogens is 380 g/mol. The van der Waals surface area contributed by atoms with E-state index in [1.807, 2.05) is 29.2 Å². The molecule has 3 rings (SSSR count). The predicted molar refractivity (Wildman–Crippen MR) is 118 cm³/mol. The zero-order chi connectivity index (χ0) is 21.5. The molecule has 7 heteroatoms. The molecule has 0 saturated carbocycles. The number of aromatic nitrogens is 1. The number of carbonyl (C=O) groups is 2. The summed E-state index contributed by atoms with van der Waals surface area (Å²) in [5.74, 6) is 0.775.